The van der Waals surface area contributed by atoms with Crippen LogP contribution in [0.3, 0.4) is 0 Å². The molecule has 5 aliphatic carbocycles. The Labute approximate surface area is 167 Å². The number of carbonyl (C=O) groups is 2. The van der Waals surface area contributed by atoms with Crippen molar-refractivity contribution in [3.8, 4) is 0 Å². The smallest absolute Gasteiger partial charge is 0.331 e. The van der Waals surface area contributed by atoms with Gasteiger partial charge in [-0.2, -0.15) is 0 Å². The monoisotopic (exact) mass is 378 g/mol. The number of rotatable bonds is 2. The first-order chi connectivity index (χ1) is 13.5. The third-order valence-corrected chi connectivity index (χ3v) is 9.78. The van der Waals surface area contributed by atoms with Crippen molar-refractivity contribution in [2.75, 3.05) is 0 Å². The van der Waals surface area contributed by atoms with E-state index in [9.17, 15) is 9.59 Å². The van der Waals surface area contributed by atoms with Gasteiger partial charge in [-0.1, -0.05) is 18.6 Å². The van der Waals surface area contributed by atoms with Gasteiger partial charge in [-0.15, -0.1) is 6.58 Å². The van der Waals surface area contributed by atoms with Gasteiger partial charge in [-0.05, 0) is 86.2 Å². The maximum absolute atomic E-state index is 12.2. The normalized spacial score (nSPS) is 53.0. The average Bonchev–Trinajstić information content (AvgIpc) is 3.34. The molecule has 3 nitrogen and oxygen atoms in total. The molecule has 4 fully saturated rings. The highest BCUT2D eigenvalue weighted by Gasteiger charge is 2.79. The molecule has 148 valence electrons. The summed E-state index contributed by atoms with van der Waals surface area (Å²) in [6, 6.07) is 0. The highest BCUT2D eigenvalue weighted by atomic mass is 16.6. The van der Waals surface area contributed by atoms with Crippen LogP contribution in [0.25, 0.3) is 0 Å². The lowest BCUT2D eigenvalue weighted by Crippen LogP contribution is -2.57. The summed E-state index contributed by atoms with van der Waals surface area (Å²) in [6.07, 6.45) is 15.4. The molecule has 1 spiro atoms. The summed E-state index contributed by atoms with van der Waals surface area (Å²) in [7, 11) is 0. The lowest BCUT2D eigenvalue weighted by atomic mass is 9.46. The van der Waals surface area contributed by atoms with Crippen LogP contribution in [0.15, 0.2) is 36.5 Å². The Balaban J connectivity index is 1.45. The molecule has 6 rings (SSSR count). The number of carbonyl (C=O) groups excluding carboxylic acids is 2. The van der Waals surface area contributed by atoms with E-state index in [1.165, 1.54) is 18.4 Å². The molecule has 3 heteroatoms. The zero-order chi connectivity index (χ0) is 19.3. The second-order valence-corrected chi connectivity index (χ2v) is 10.3. The van der Waals surface area contributed by atoms with E-state index in [4.69, 9.17) is 4.74 Å². The lowest BCUT2D eigenvalue weighted by molar-refractivity contribution is -0.173. The first kappa shape index (κ1) is 17.2. The molecule has 0 N–H and O–H groups in total. The van der Waals surface area contributed by atoms with Crippen LogP contribution in [0, 0.1) is 46.8 Å². The van der Waals surface area contributed by atoms with E-state index in [-0.39, 0.29) is 17.0 Å². The number of ether oxygens (including phenoxy) is 1. The van der Waals surface area contributed by atoms with Gasteiger partial charge < -0.3 is 4.74 Å². The number of fused-ring (bicyclic) bond motifs is 9. The van der Waals surface area contributed by atoms with Crippen molar-refractivity contribution >= 4 is 11.8 Å². The maximum atomic E-state index is 12.2. The number of hydrogen-bond acceptors (Lipinski definition) is 3. The topological polar surface area (TPSA) is 43.4 Å². The summed E-state index contributed by atoms with van der Waals surface area (Å²) in [5, 5.41) is 0. The largest absolute Gasteiger partial charge is 0.451 e. The summed E-state index contributed by atoms with van der Waals surface area (Å²) in [5.41, 5.74) is 1.15. The van der Waals surface area contributed by atoms with Gasteiger partial charge in [0.15, 0.2) is 5.78 Å². The van der Waals surface area contributed by atoms with Crippen LogP contribution < -0.4 is 0 Å². The molecule has 6 aliphatic rings. The van der Waals surface area contributed by atoms with Crippen molar-refractivity contribution in [3.05, 3.63) is 36.5 Å². The summed E-state index contributed by atoms with van der Waals surface area (Å²) in [4.78, 5) is 24.2. The molecular formula is C25H30O3. The maximum Gasteiger partial charge on any atom is 0.331 e. The van der Waals surface area contributed by atoms with Gasteiger partial charge >= 0.3 is 5.97 Å². The molecule has 4 saturated carbocycles. The Bertz CT molecular complexity index is 837. The number of ketones is 1. The van der Waals surface area contributed by atoms with Gasteiger partial charge in [-0.25, -0.2) is 4.79 Å². The van der Waals surface area contributed by atoms with Gasteiger partial charge in [0.1, 0.15) is 5.60 Å². The second-order valence-electron chi connectivity index (χ2n) is 10.3. The average molecular weight is 379 g/mol. The van der Waals surface area contributed by atoms with Crippen molar-refractivity contribution in [3.63, 3.8) is 0 Å². The van der Waals surface area contributed by atoms with Crippen molar-refractivity contribution in [1.29, 1.82) is 0 Å². The van der Waals surface area contributed by atoms with Crippen LogP contribution in [0.2, 0.25) is 0 Å². The van der Waals surface area contributed by atoms with Gasteiger partial charge in [0, 0.05) is 23.8 Å². The molecule has 0 bridgehead atoms. The fourth-order valence-corrected chi connectivity index (χ4v) is 8.90. The van der Waals surface area contributed by atoms with Crippen molar-refractivity contribution in [2.45, 2.75) is 57.5 Å². The van der Waals surface area contributed by atoms with Gasteiger partial charge in [0.05, 0.1) is 0 Å². The number of allylic oxidation sites excluding steroid dienone is 2. The van der Waals surface area contributed by atoms with E-state index in [1.54, 1.807) is 6.08 Å². The molecule has 1 heterocycles. The van der Waals surface area contributed by atoms with Crippen LogP contribution in [-0.2, 0) is 14.3 Å². The highest BCUT2D eigenvalue weighted by Crippen LogP contribution is 2.79. The quantitative estimate of drug-likeness (QED) is 0.519. The van der Waals surface area contributed by atoms with Gasteiger partial charge in [0.25, 0.3) is 0 Å². The van der Waals surface area contributed by atoms with E-state index in [0.717, 1.165) is 32.1 Å². The molecule has 0 aromatic carbocycles. The van der Waals surface area contributed by atoms with Crippen molar-refractivity contribution < 1.29 is 14.3 Å². The van der Waals surface area contributed by atoms with Crippen LogP contribution in [-0.4, -0.2) is 17.4 Å². The first-order valence-electron chi connectivity index (χ1n) is 11.3. The summed E-state index contributed by atoms with van der Waals surface area (Å²) < 4.78 is 6.16. The molecule has 0 amide bonds. The van der Waals surface area contributed by atoms with Gasteiger partial charge in [0.2, 0.25) is 0 Å². The van der Waals surface area contributed by atoms with E-state index in [1.807, 2.05) is 6.08 Å². The van der Waals surface area contributed by atoms with Crippen LogP contribution in [0.4, 0.5) is 0 Å². The molecule has 0 saturated heterocycles. The predicted molar refractivity (Wildman–Crippen MR) is 106 cm³/mol. The Kier molecular flexibility index (Phi) is 3.38. The highest BCUT2D eigenvalue weighted by molar-refractivity contribution is 5.91. The SMILES string of the molecule is C=CC1CC2=CC(=O)CC[C@@H]2C2CC[C@@]3(CC)C(C4CC4[C@@]34C=CC(=O)O4)C12. The number of esters is 1. The Morgan fingerprint density at radius 2 is 2.14 bits per heavy atom. The molecule has 6 unspecified atom stereocenters. The fraction of sp³-hybridized carbons (Fsp3) is 0.680. The Morgan fingerprint density at radius 1 is 1.29 bits per heavy atom. The van der Waals surface area contributed by atoms with Crippen LogP contribution in [0.1, 0.15) is 51.9 Å². The molecular weight excluding hydrogens is 348 g/mol. The van der Waals surface area contributed by atoms with E-state index in [0.29, 0.717) is 47.2 Å². The van der Waals surface area contributed by atoms with E-state index < -0.39 is 0 Å². The molecule has 0 aromatic rings. The minimum atomic E-state index is -0.344. The third-order valence-electron chi connectivity index (χ3n) is 9.78. The minimum absolute atomic E-state index is 0.0946. The molecule has 28 heavy (non-hydrogen) atoms. The van der Waals surface area contributed by atoms with Crippen LogP contribution in [0.5, 0.6) is 0 Å². The van der Waals surface area contributed by atoms with E-state index in [2.05, 4.69) is 25.7 Å². The fourth-order valence-electron chi connectivity index (χ4n) is 8.90. The zero-order valence-electron chi connectivity index (χ0n) is 16.7. The van der Waals surface area contributed by atoms with Crippen LogP contribution >= 0.6 is 0 Å². The Hall–Kier alpha value is -1.64. The molecule has 9 atom stereocenters. The Morgan fingerprint density at radius 3 is 2.86 bits per heavy atom. The standard InChI is InChI=1S/C25H30O3/c1-3-14-11-15-12-16(26)5-6-17(15)18-7-9-24(4-2)23(22(14)18)19-13-20(19)25(24)10-8-21(27)28-25/h3,8,10,12,14,17-20,22-23H,1,4-7,9,11,13H2,2H3/t14?,17-,18?,19?,20?,22?,23?,24-,25-/m0/s1. The number of hydrogen-bond donors (Lipinski definition) is 0. The molecule has 0 radical (unpaired) electrons. The summed E-state index contributed by atoms with van der Waals surface area (Å²) >= 11 is 0. The van der Waals surface area contributed by atoms with Gasteiger partial charge in [-0.3, -0.25) is 4.79 Å². The van der Waals surface area contributed by atoms with E-state index >= 15 is 0 Å². The van der Waals surface area contributed by atoms with Crippen molar-refractivity contribution in [2.24, 2.45) is 46.8 Å². The summed E-state index contributed by atoms with van der Waals surface area (Å²) in [6.45, 7) is 6.54. The minimum Gasteiger partial charge on any atom is -0.451 e. The third kappa shape index (κ3) is 1.87. The lowest BCUT2D eigenvalue weighted by Gasteiger charge is -2.59. The molecule has 1 aliphatic heterocycles. The first-order valence-corrected chi connectivity index (χ1v) is 11.3. The predicted octanol–water partition coefficient (Wildman–Crippen LogP) is 4.64. The molecule has 0 aromatic heterocycles. The zero-order valence-corrected chi connectivity index (χ0v) is 16.7. The summed E-state index contributed by atoms with van der Waals surface area (Å²) in [5.74, 6) is 4.35. The van der Waals surface area contributed by atoms with Crippen molar-refractivity contribution in [1.82, 2.24) is 0 Å². The second kappa shape index (κ2) is 5.49.